The SMILES string of the molecule is CN1C(=O)[C@@H](NC(=O)c2nnn(Cc3ccccc3)n2)CSc2cnc(N3CCC(F)(F)C3)cc21. The number of fused-ring (bicyclic) bond motifs is 1. The summed E-state index contributed by atoms with van der Waals surface area (Å²) in [7, 11) is 1.59. The van der Waals surface area contributed by atoms with Crippen LogP contribution in [0.3, 0.4) is 0 Å². The van der Waals surface area contributed by atoms with Crippen LogP contribution in [0.5, 0.6) is 0 Å². The molecule has 0 unspecified atom stereocenters. The molecule has 1 aromatic carbocycles. The maximum absolute atomic E-state index is 13.7. The van der Waals surface area contributed by atoms with Crippen LogP contribution in [0, 0.1) is 0 Å². The fourth-order valence-corrected chi connectivity index (χ4v) is 5.01. The number of hydrogen-bond donors (Lipinski definition) is 1. The first-order valence-corrected chi connectivity index (χ1v) is 11.9. The maximum Gasteiger partial charge on any atom is 0.293 e. The topological polar surface area (TPSA) is 109 Å². The number of hydrogen-bond acceptors (Lipinski definition) is 8. The lowest BCUT2D eigenvalue weighted by Crippen LogP contribution is -2.48. The van der Waals surface area contributed by atoms with Gasteiger partial charge in [0.25, 0.3) is 17.7 Å². The van der Waals surface area contributed by atoms with Crippen LogP contribution >= 0.6 is 11.8 Å². The van der Waals surface area contributed by atoms with Crippen molar-refractivity contribution in [2.75, 3.05) is 35.7 Å². The van der Waals surface area contributed by atoms with Gasteiger partial charge in [0.05, 0.1) is 18.8 Å². The molecule has 182 valence electrons. The van der Waals surface area contributed by atoms with Crippen molar-refractivity contribution < 1.29 is 18.4 Å². The first-order valence-electron chi connectivity index (χ1n) is 10.9. The van der Waals surface area contributed by atoms with Crippen LogP contribution in [0.15, 0.2) is 47.5 Å². The lowest BCUT2D eigenvalue weighted by molar-refractivity contribution is -0.119. The summed E-state index contributed by atoms with van der Waals surface area (Å²) in [6, 6.07) is 10.3. The van der Waals surface area contributed by atoms with Gasteiger partial charge in [0.15, 0.2) is 0 Å². The smallest absolute Gasteiger partial charge is 0.293 e. The van der Waals surface area contributed by atoms with Gasteiger partial charge in [-0.05, 0) is 10.8 Å². The number of nitrogens with one attached hydrogen (secondary N) is 1. The molecule has 5 rings (SSSR count). The van der Waals surface area contributed by atoms with Crippen LogP contribution in [0.2, 0.25) is 0 Å². The minimum Gasteiger partial charge on any atom is -0.350 e. The summed E-state index contributed by atoms with van der Waals surface area (Å²) in [5, 5.41) is 14.5. The number of benzene rings is 1. The molecule has 0 spiro atoms. The van der Waals surface area contributed by atoms with Gasteiger partial charge in [-0.15, -0.1) is 22.0 Å². The summed E-state index contributed by atoms with van der Waals surface area (Å²) in [6.45, 7) is 0.149. The van der Waals surface area contributed by atoms with Gasteiger partial charge in [-0.2, -0.15) is 4.80 Å². The fraction of sp³-hybridized carbons (Fsp3) is 0.364. The van der Waals surface area contributed by atoms with Gasteiger partial charge in [-0.25, -0.2) is 13.8 Å². The molecule has 4 heterocycles. The number of carbonyl (C=O) groups excluding carboxylic acids is 2. The van der Waals surface area contributed by atoms with E-state index >= 15 is 0 Å². The largest absolute Gasteiger partial charge is 0.350 e. The van der Waals surface area contributed by atoms with Gasteiger partial charge < -0.3 is 15.1 Å². The van der Waals surface area contributed by atoms with Crippen molar-refractivity contribution >= 4 is 35.1 Å². The molecule has 2 aromatic heterocycles. The number of likely N-dealkylation sites (N-methyl/N-ethyl adjacent to an activating group) is 1. The Morgan fingerprint density at radius 3 is 2.83 bits per heavy atom. The molecular weight excluding hydrogens is 478 g/mol. The summed E-state index contributed by atoms with van der Waals surface area (Å²) in [4.78, 5) is 35.2. The van der Waals surface area contributed by atoms with E-state index in [1.807, 2.05) is 30.3 Å². The third-order valence-electron chi connectivity index (χ3n) is 5.85. The zero-order valence-corrected chi connectivity index (χ0v) is 19.6. The highest BCUT2D eigenvalue weighted by molar-refractivity contribution is 7.99. The molecule has 2 amide bonds. The molecule has 0 saturated carbocycles. The number of pyridine rings is 1. The monoisotopic (exact) mass is 500 g/mol. The van der Waals surface area contributed by atoms with E-state index < -0.39 is 24.4 Å². The van der Waals surface area contributed by atoms with Crippen molar-refractivity contribution in [2.45, 2.75) is 29.8 Å². The van der Waals surface area contributed by atoms with E-state index in [4.69, 9.17) is 0 Å². The zero-order valence-electron chi connectivity index (χ0n) is 18.8. The van der Waals surface area contributed by atoms with E-state index in [9.17, 15) is 18.4 Å². The zero-order chi connectivity index (χ0) is 24.6. The van der Waals surface area contributed by atoms with Crippen LogP contribution in [-0.4, -0.2) is 74.9 Å². The molecule has 0 aliphatic carbocycles. The Hall–Kier alpha value is -3.61. The summed E-state index contributed by atoms with van der Waals surface area (Å²) in [6.07, 6.45) is 1.35. The average Bonchev–Trinajstić information content (AvgIpc) is 3.44. The third kappa shape index (κ3) is 4.94. The van der Waals surface area contributed by atoms with Crippen molar-refractivity contribution in [3.05, 3.63) is 54.0 Å². The number of thioether (sulfide) groups is 1. The van der Waals surface area contributed by atoms with Crippen LogP contribution in [0.4, 0.5) is 20.3 Å². The van der Waals surface area contributed by atoms with Gasteiger partial charge in [0, 0.05) is 42.9 Å². The summed E-state index contributed by atoms with van der Waals surface area (Å²) < 4.78 is 27.3. The summed E-state index contributed by atoms with van der Waals surface area (Å²) in [5.41, 5.74) is 1.51. The highest BCUT2D eigenvalue weighted by Gasteiger charge is 2.39. The minimum absolute atomic E-state index is 0.137. The van der Waals surface area contributed by atoms with E-state index in [-0.39, 0.29) is 30.5 Å². The summed E-state index contributed by atoms with van der Waals surface area (Å²) >= 11 is 1.35. The van der Waals surface area contributed by atoms with Crippen molar-refractivity contribution in [3.8, 4) is 0 Å². The second-order valence-electron chi connectivity index (χ2n) is 8.40. The number of nitrogens with zero attached hydrogens (tertiary/aromatic N) is 7. The molecular formula is C22H22F2N8O2S. The van der Waals surface area contributed by atoms with E-state index in [1.165, 1.54) is 26.4 Å². The lowest BCUT2D eigenvalue weighted by Gasteiger charge is -2.23. The van der Waals surface area contributed by atoms with Crippen molar-refractivity contribution in [2.24, 2.45) is 0 Å². The molecule has 10 nitrogen and oxygen atoms in total. The Labute approximate surface area is 203 Å². The quantitative estimate of drug-likeness (QED) is 0.565. The van der Waals surface area contributed by atoms with Crippen LogP contribution in [-0.2, 0) is 11.3 Å². The van der Waals surface area contributed by atoms with Gasteiger partial charge in [0.1, 0.15) is 11.9 Å². The van der Waals surface area contributed by atoms with Crippen LogP contribution in [0.1, 0.15) is 22.6 Å². The van der Waals surface area contributed by atoms with Gasteiger partial charge in [-0.1, -0.05) is 30.3 Å². The third-order valence-corrected chi connectivity index (χ3v) is 6.98. The number of anilines is 2. The van der Waals surface area contributed by atoms with Crippen molar-refractivity contribution in [1.82, 2.24) is 30.5 Å². The number of rotatable bonds is 5. The normalized spacial score (nSPS) is 19.4. The van der Waals surface area contributed by atoms with Crippen LogP contribution in [0.25, 0.3) is 0 Å². The number of aromatic nitrogens is 5. The molecule has 1 saturated heterocycles. The molecule has 13 heteroatoms. The molecule has 1 N–H and O–H groups in total. The van der Waals surface area contributed by atoms with Crippen LogP contribution < -0.4 is 15.1 Å². The molecule has 35 heavy (non-hydrogen) atoms. The molecule has 0 bridgehead atoms. The lowest BCUT2D eigenvalue weighted by atomic mass is 10.2. The van der Waals surface area contributed by atoms with E-state index in [0.29, 0.717) is 18.1 Å². The molecule has 1 atom stereocenters. The predicted molar refractivity (Wildman–Crippen MR) is 125 cm³/mol. The molecule has 3 aromatic rings. The Morgan fingerprint density at radius 2 is 2.09 bits per heavy atom. The Bertz CT molecular complexity index is 1260. The highest BCUT2D eigenvalue weighted by atomic mass is 32.2. The van der Waals surface area contributed by atoms with E-state index in [1.54, 1.807) is 19.3 Å². The van der Waals surface area contributed by atoms with Crippen molar-refractivity contribution in [1.29, 1.82) is 0 Å². The van der Waals surface area contributed by atoms with Gasteiger partial charge in [-0.3, -0.25) is 9.59 Å². The second-order valence-corrected chi connectivity index (χ2v) is 9.46. The second kappa shape index (κ2) is 9.21. The first-order chi connectivity index (χ1) is 16.8. The number of amides is 2. The fourth-order valence-electron chi connectivity index (χ4n) is 3.97. The number of halogens is 2. The highest BCUT2D eigenvalue weighted by Crippen LogP contribution is 2.37. The standard InChI is InChI=1S/C22H22F2N8O2S/c1-30-16-9-18(31-8-7-22(23,24)13-31)25-10-17(16)35-12-15(21(30)34)26-20(33)19-27-29-32(28-19)11-14-5-3-2-4-6-14/h2-6,9-10,15H,7-8,11-13H2,1H3,(H,26,33)/t15-/m0/s1. The first kappa shape index (κ1) is 23.1. The van der Waals surface area contributed by atoms with E-state index in [0.717, 1.165) is 10.5 Å². The van der Waals surface area contributed by atoms with Gasteiger partial charge in [0.2, 0.25) is 5.91 Å². The summed E-state index contributed by atoms with van der Waals surface area (Å²) in [5.74, 6) is -3.18. The Balaban J connectivity index is 1.27. The Kier molecular flexibility index (Phi) is 6.09. The average molecular weight is 501 g/mol. The minimum atomic E-state index is -2.75. The predicted octanol–water partition coefficient (Wildman–Crippen LogP) is 1.83. The Morgan fingerprint density at radius 1 is 1.29 bits per heavy atom. The van der Waals surface area contributed by atoms with Crippen molar-refractivity contribution in [3.63, 3.8) is 0 Å². The van der Waals surface area contributed by atoms with E-state index in [2.05, 4.69) is 25.7 Å². The van der Waals surface area contributed by atoms with Gasteiger partial charge >= 0.3 is 0 Å². The number of carbonyl (C=O) groups is 2. The number of tetrazole rings is 1. The maximum atomic E-state index is 13.7. The molecule has 1 fully saturated rings. The molecule has 2 aliphatic rings. The number of alkyl halides is 2. The molecule has 0 radical (unpaired) electrons. The molecule has 2 aliphatic heterocycles.